The summed E-state index contributed by atoms with van der Waals surface area (Å²) in [6, 6.07) is 10.4. The summed E-state index contributed by atoms with van der Waals surface area (Å²) in [4.78, 5) is 15.8. The molecule has 0 unspecified atom stereocenters. The summed E-state index contributed by atoms with van der Waals surface area (Å²) in [5, 5.41) is 7.19. The molecular weight excluding hydrogens is 367 g/mol. The summed E-state index contributed by atoms with van der Waals surface area (Å²) in [5.74, 6) is 0.463. The van der Waals surface area contributed by atoms with E-state index in [1.165, 1.54) is 12.1 Å². The summed E-state index contributed by atoms with van der Waals surface area (Å²) in [7, 11) is 0. The number of pyridine rings is 1. The van der Waals surface area contributed by atoms with Crippen molar-refractivity contribution in [3.63, 3.8) is 0 Å². The fourth-order valence-corrected chi connectivity index (χ4v) is 3.71. The van der Waals surface area contributed by atoms with Gasteiger partial charge in [0.1, 0.15) is 5.82 Å². The topological polar surface area (TPSA) is 70.6 Å². The maximum atomic E-state index is 13.6. The highest BCUT2D eigenvalue weighted by Gasteiger charge is 2.20. The van der Waals surface area contributed by atoms with Crippen LogP contribution >= 0.6 is 0 Å². The number of rotatable bonds is 4. The van der Waals surface area contributed by atoms with Crippen molar-refractivity contribution in [3.8, 4) is 22.6 Å². The number of halogens is 1. The van der Waals surface area contributed by atoms with Crippen molar-refractivity contribution in [3.05, 3.63) is 83.8 Å². The monoisotopic (exact) mass is 386 g/mol. The van der Waals surface area contributed by atoms with Gasteiger partial charge < -0.3 is 0 Å². The zero-order valence-electron chi connectivity index (χ0n) is 15.7. The molecule has 0 aliphatic carbocycles. The maximum Gasteiger partial charge on any atom is 0.160 e. The van der Waals surface area contributed by atoms with E-state index < -0.39 is 0 Å². The maximum absolute atomic E-state index is 13.6. The first-order valence-electron chi connectivity index (χ1n) is 9.52. The van der Waals surface area contributed by atoms with Gasteiger partial charge in [0, 0.05) is 66.9 Å². The third kappa shape index (κ3) is 3.64. The molecule has 4 aromatic rings. The molecule has 7 heteroatoms. The van der Waals surface area contributed by atoms with Crippen molar-refractivity contribution >= 4 is 0 Å². The molecule has 1 aliphatic rings. The van der Waals surface area contributed by atoms with Crippen LogP contribution in [0.5, 0.6) is 0 Å². The lowest BCUT2D eigenvalue weighted by Gasteiger charge is -2.28. The van der Waals surface area contributed by atoms with E-state index in [1.807, 2.05) is 30.6 Å². The molecule has 29 heavy (non-hydrogen) atoms. The van der Waals surface area contributed by atoms with Crippen molar-refractivity contribution in [2.45, 2.75) is 19.5 Å². The first-order valence-corrected chi connectivity index (χ1v) is 9.52. The van der Waals surface area contributed by atoms with E-state index in [0.29, 0.717) is 5.82 Å². The Balaban J connectivity index is 1.34. The average Bonchev–Trinajstić information content (AvgIpc) is 3.22. The molecule has 0 saturated carbocycles. The van der Waals surface area contributed by atoms with Gasteiger partial charge in [0.15, 0.2) is 5.82 Å². The van der Waals surface area contributed by atoms with Gasteiger partial charge in [-0.1, -0.05) is 12.1 Å². The molecule has 4 heterocycles. The molecule has 5 rings (SSSR count). The normalized spacial score (nSPS) is 14.0. The van der Waals surface area contributed by atoms with Crippen molar-refractivity contribution in [2.75, 3.05) is 6.54 Å². The van der Waals surface area contributed by atoms with Gasteiger partial charge >= 0.3 is 0 Å². The molecule has 144 valence electrons. The van der Waals surface area contributed by atoms with Crippen LogP contribution in [-0.4, -0.2) is 36.6 Å². The largest absolute Gasteiger partial charge is 0.294 e. The number of fused-ring (bicyclic) bond motifs is 1. The van der Waals surface area contributed by atoms with Crippen LogP contribution in [0.4, 0.5) is 4.39 Å². The lowest BCUT2D eigenvalue weighted by Crippen LogP contribution is -2.31. The molecule has 0 bridgehead atoms. The van der Waals surface area contributed by atoms with Gasteiger partial charge in [0.05, 0.1) is 17.6 Å². The summed E-state index contributed by atoms with van der Waals surface area (Å²) in [6.07, 6.45) is 8.12. The van der Waals surface area contributed by atoms with Gasteiger partial charge in [-0.3, -0.25) is 15.0 Å². The second kappa shape index (κ2) is 7.52. The third-order valence-electron chi connectivity index (χ3n) is 5.16. The Morgan fingerprint density at radius 3 is 2.86 bits per heavy atom. The first-order chi connectivity index (χ1) is 14.3. The van der Waals surface area contributed by atoms with Crippen molar-refractivity contribution < 1.29 is 4.39 Å². The van der Waals surface area contributed by atoms with E-state index in [1.54, 1.807) is 18.5 Å². The van der Waals surface area contributed by atoms with Crippen LogP contribution in [0.15, 0.2) is 61.2 Å². The highest BCUT2D eigenvalue weighted by atomic mass is 19.1. The van der Waals surface area contributed by atoms with Crippen molar-refractivity contribution in [1.29, 1.82) is 0 Å². The second-order valence-corrected chi connectivity index (χ2v) is 7.15. The van der Waals surface area contributed by atoms with Gasteiger partial charge in [0.2, 0.25) is 0 Å². The molecule has 0 saturated heterocycles. The molecule has 0 spiro atoms. The van der Waals surface area contributed by atoms with E-state index in [0.717, 1.165) is 59.7 Å². The lowest BCUT2D eigenvalue weighted by atomic mass is 10.0. The number of hydrogen-bond acceptors (Lipinski definition) is 5. The minimum atomic E-state index is -0.253. The van der Waals surface area contributed by atoms with Gasteiger partial charge in [0.25, 0.3) is 0 Å². The predicted octanol–water partition coefficient (Wildman–Crippen LogP) is 3.63. The fourth-order valence-electron chi connectivity index (χ4n) is 3.71. The number of aromatic nitrogens is 5. The highest BCUT2D eigenvalue weighted by Crippen LogP contribution is 2.26. The molecule has 0 atom stereocenters. The van der Waals surface area contributed by atoms with E-state index >= 15 is 0 Å². The molecule has 0 fully saturated rings. The predicted molar refractivity (Wildman–Crippen MR) is 107 cm³/mol. The quantitative estimate of drug-likeness (QED) is 0.580. The molecule has 1 aliphatic heterocycles. The number of benzene rings is 1. The Morgan fingerprint density at radius 2 is 2.00 bits per heavy atom. The van der Waals surface area contributed by atoms with Crippen molar-refractivity contribution in [2.24, 2.45) is 0 Å². The summed E-state index contributed by atoms with van der Waals surface area (Å²) in [5.41, 5.74) is 5.87. The van der Waals surface area contributed by atoms with Gasteiger partial charge in [-0.05, 0) is 24.3 Å². The van der Waals surface area contributed by atoms with Gasteiger partial charge in [-0.15, -0.1) is 0 Å². The summed E-state index contributed by atoms with van der Waals surface area (Å²) in [6.45, 7) is 2.40. The van der Waals surface area contributed by atoms with Gasteiger partial charge in [-0.25, -0.2) is 14.4 Å². The van der Waals surface area contributed by atoms with Crippen LogP contribution in [0.2, 0.25) is 0 Å². The first kappa shape index (κ1) is 17.6. The zero-order valence-corrected chi connectivity index (χ0v) is 15.7. The van der Waals surface area contributed by atoms with Crippen LogP contribution in [0.25, 0.3) is 22.6 Å². The molecule has 3 aromatic heterocycles. The Bertz CT molecular complexity index is 1140. The van der Waals surface area contributed by atoms with Crippen LogP contribution in [-0.2, 0) is 19.5 Å². The SMILES string of the molecule is Fc1cccc(-c2[nH]ncc2CN2CCc3nc(-c4cccnc4)ncc3C2)c1. The van der Waals surface area contributed by atoms with Crippen LogP contribution in [0.1, 0.15) is 16.8 Å². The highest BCUT2D eigenvalue weighted by molar-refractivity contribution is 5.62. The second-order valence-electron chi connectivity index (χ2n) is 7.15. The number of nitrogens with one attached hydrogen (secondary N) is 1. The van der Waals surface area contributed by atoms with Crippen LogP contribution < -0.4 is 0 Å². The zero-order chi connectivity index (χ0) is 19.6. The van der Waals surface area contributed by atoms with E-state index in [2.05, 4.69) is 25.1 Å². The number of H-pyrrole nitrogens is 1. The summed E-state index contributed by atoms with van der Waals surface area (Å²) < 4.78 is 13.6. The minimum absolute atomic E-state index is 0.253. The molecule has 6 nitrogen and oxygen atoms in total. The third-order valence-corrected chi connectivity index (χ3v) is 5.16. The Hall–Kier alpha value is -3.45. The Morgan fingerprint density at radius 1 is 1.07 bits per heavy atom. The molecule has 1 aromatic carbocycles. The van der Waals surface area contributed by atoms with E-state index in [4.69, 9.17) is 4.98 Å². The molecule has 0 amide bonds. The number of nitrogens with zero attached hydrogens (tertiary/aromatic N) is 5. The molecule has 1 N–H and O–H groups in total. The van der Waals surface area contributed by atoms with Gasteiger partial charge in [-0.2, -0.15) is 5.10 Å². The van der Waals surface area contributed by atoms with E-state index in [-0.39, 0.29) is 5.82 Å². The molecule has 0 radical (unpaired) electrons. The number of aromatic amines is 1. The smallest absolute Gasteiger partial charge is 0.160 e. The van der Waals surface area contributed by atoms with Crippen molar-refractivity contribution in [1.82, 2.24) is 30.0 Å². The van der Waals surface area contributed by atoms with Crippen LogP contribution in [0.3, 0.4) is 0 Å². The fraction of sp³-hybridized carbons (Fsp3) is 0.182. The standard InChI is InChI=1S/C22H19FN6/c23-19-5-1-3-15(9-19)21-18(12-26-28-21)14-29-8-6-20-17(13-29)11-25-22(27-20)16-4-2-7-24-10-16/h1-5,7,9-12H,6,8,13-14H2,(H,26,28). The molecular formula is C22H19FN6. The minimum Gasteiger partial charge on any atom is -0.294 e. The Labute approximate surface area is 167 Å². The summed E-state index contributed by atoms with van der Waals surface area (Å²) >= 11 is 0. The van der Waals surface area contributed by atoms with E-state index in [9.17, 15) is 4.39 Å². The van der Waals surface area contributed by atoms with Crippen LogP contribution in [0, 0.1) is 5.82 Å². The number of hydrogen-bond donors (Lipinski definition) is 1. The lowest BCUT2D eigenvalue weighted by molar-refractivity contribution is 0.243. The Kier molecular flexibility index (Phi) is 4.57. The average molecular weight is 386 g/mol.